The Kier molecular flexibility index (Phi) is 4.85. The number of rotatable bonds is 1. The van der Waals surface area contributed by atoms with E-state index in [0.717, 1.165) is 12.8 Å². The van der Waals surface area contributed by atoms with E-state index in [-0.39, 0.29) is 22.9 Å². The Hall–Kier alpha value is -1.95. The topological polar surface area (TPSA) is 49.9 Å². The van der Waals surface area contributed by atoms with Crippen molar-refractivity contribution in [2.45, 2.75) is 31.7 Å². The minimum Gasteiger partial charge on any atom is -0.381 e. The van der Waals surface area contributed by atoms with E-state index in [1.54, 1.807) is 24.0 Å². The van der Waals surface area contributed by atoms with Crippen molar-refractivity contribution >= 4 is 11.8 Å². The predicted octanol–water partition coefficient (Wildman–Crippen LogP) is 2.07. The molecule has 0 saturated carbocycles. The molecule has 24 heavy (non-hydrogen) atoms. The van der Waals surface area contributed by atoms with Crippen LogP contribution in [0, 0.1) is 5.82 Å². The maximum atomic E-state index is 13.9. The van der Waals surface area contributed by atoms with Crippen molar-refractivity contribution in [2.24, 2.45) is 0 Å². The summed E-state index contributed by atoms with van der Waals surface area (Å²) in [5.74, 6) is -0.784. The van der Waals surface area contributed by atoms with Gasteiger partial charge in [-0.2, -0.15) is 0 Å². The van der Waals surface area contributed by atoms with Crippen LogP contribution in [-0.2, 0) is 9.53 Å². The molecule has 0 aliphatic carbocycles. The first kappa shape index (κ1) is 16.9. The molecule has 130 valence electrons. The van der Waals surface area contributed by atoms with E-state index >= 15 is 0 Å². The molecule has 0 atom stereocenters. The van der Waals surface area contributed by atoms with Gasteiger partial charge in [-0.3, -0.25) is 9.59 Å². The van der Waals surface area contributed by atoms with E-state index in [9.17, 15) is 14.0 Å². The highest BCUT2D eigenvalue weighted by atomic mass is 19.1. The molecule has 2 fully saturated rings. The second kappa shape index (κ2) is 6.89. The Bertz CT molecular complexity index is 628. The SMILES string of the molecule is CC(=O)N1CCN(C(=O)c2ccccc2F)CCC12CCOCC2. The number of amides is 2. The first-order valence-electron chi connectivity index (χ1n) is 8.43. The highest BCUT2D eigenvalue weighted by Gasteiger charge is 2.42. The van der Waals surface area contributed by atoms with Crippen LogP contribution in [0.2, 0.25) is 0 Å². The van der Waals surface area contributed by atoms with Crippen molar-refractivity contribution in [2.75, 3.05) is 32.8 Å². The van der Waals surface area contributed by atoms with Gasteiger partial charge >= 0.3 is 0 Å². The van der Waals surface area contributed by atoms with E-state index in [4.69, 9.17) is 4.74 Å². The van der Waals surface area contributed by atoms with Crippen LogP contribution in [0.5, 0.6) is 0 Å². The third-order valence-electron chi connectivity index (χ3n) is 5.21. The quantitative estimate of drug-likeness (QED) is 0.790. The minimum absolute atomic E-state index is 0.0251. The summed E-state index contributed by atoms with van der Waals surface area (Å²) < 4.78 is 19.4. The highest BCUT2D eigenvalue weighted by molar-refractivity contribution is 5.94. The van der Waals surface area contributed by atoms with Gasteiger partial charge in [-0.15, -0.1) is 0 Å². The molecule has 3 rings (SSSR count). The van der Waals surface area contributed by atoms with Crippen LogP contribution in [0.15, 0.2) is 24.3 Å². The van der Waals surface area contributed by atoms with Gasteiger partial charge < -0.3 is 14.5 Å². The lowest BCUT2D eigenvalue weighted by Gasteiger charge is -2.44. The normalized spacial score (nSPS) is 20.8. The fraction of sp³-hybridized carbons (Fsp3) is 0.556. The summed E-state index contributed by atoms with van der Waals surface area (Å²) in [5, 5.41) is 0. The van der Waals surface area contributed by atoms with E-state index in [0.29, 0.717) is 39.3 Å². The minimum atomic E-state index is -0.504. The third-order valence-corrected chi connectivity index (χ3v) is 5.21. The molecule has 0 radical (unpaired) electrons. The standard InChI is InChI=1S/C18H23FN2O3/c1-14(22)21-11-10-20(9-6-18(21)7-12-24-13-8-18)17(23)15-4-2-3-5-16(15)19/h2-5H,6-13H2,1H3. The molecule has 2 amide bonds. The fourth-order valence-electron chi connectivity index (χ4n) is 3.82. The lowest BCUT2D eigenvalue weighted by Crippen LogP contribution is -2.54. The van der Waals surface area contributed by atoms with Gasteiger partial charge in [0.25, 0.3) is 5.91 Å². The summed E-state index contributed by atoms with van der Waals surface area (Å²) in [7, 11) is 0. The van der Waals surface area contributed by atoms with Crippen LogP contribution < -0.4 is 0 Å². The molecular weight excluding hydrogens is 311 g/mol. The van der Waals surface area contributed by atoms with Crippen LogP contribution in [0.1, 0.15) is 36.5 Å². The summed E-state index contributed by atoms with van der Waals surface area (Å²) in [6, 6.07) is 6.04. The molecule has 5 nitrogen and oxygen atoms in total. The van der Waals surface area contributed by atoms with E-state index in [2.05, 4.69) is 0 Å². The highest BCUT2D eigenvalue weighted by Crippen LogP contribution is 2.33. The molecule has 0 N–H and O–H groups in total. The lowest BCUT2D eigenvalue weighted by atomic mass is 9.84. The molecule has 1 aromatic rings. The van der Waals surface area contributed by atoms with E-state index in [1.807, 2.05) is 4.90 Å². The van der Waals surface area contributed by atoms with Gasteiger partial charge in [0, 0.05) is 45.3 Å². The number of halogens is 1. The zero-order valence-electron chi connectivity index (χ0n) is 14.0. The number of hydrogen-bond acceptors (Lipinski definition) is 3. The summed E-state index contributed by atoms with van der Waals surface area (Å²) in [6.45, 7) is 4.27. The Balaban J connectivity index is 1.81. The molecule has 0 bridgehead atoms. The van der Waals surface area contributed by atoms with Crippen LogP contribution in [-0.4, -0.2) is 60.0 Å². The monoisotopic (exact) mass is 334 g/mol. The van der Waals surface area contributed by atoms with Gasteiger partial charge in [0.2, 0.25) is 5.91 Å². The predicted molar refractivity (Wildman–Crippen MR) is 87.1 cm³/mol. The van der Waals surface area contributed by atoms with Crippen molar-refractivity contribution in [1.82, 2.24) is 9.80 Å². The zero-order chi connectivity index (χ0) is 17.2. The Morgan fingerprint density at radius 1 is 1.08 bits per heavy atom. The van der Waals surface area contributed by atoms with Crippen molar-refractivity contribution in [3.8, 4) is 0 Å². The van der Waals surface area contributed by atoms with E-state index in [1.165, 1.54) is 12.1 Å². The maximum absolute atomic E-state index is 13.9. The molecule has 1 spiro atoms. The number of carbonyl (C=O) groups excluding carboxylic acids is 2. The number of carbonyl (C=O) groups is 2. The summed E-state index contributed by atoms with van der Waals surface area (Å²) in [4.78, 5) is 28.4. The molecule has 2 aliphatic heterocycles. The molecule has 0 unspecified atom stereocenters. The average Bonchev–Trinajstić information content (AvgIpc) is 2.75. The summed E-state index contributed by atoms with van der Waals surface area (Å²) >= 11 is 0. The second-order valence-electron chi connectivity index (χ2n) is 6.53. The average molecular weight is 334 g/mol. The maximum Gasteiger partial charge on any atom is 0.256 e. The van der Waals surface area contributed by atoms with Crippen molar-refractivity contribution in [3.05, 3.63) is 35.6 Å². The molecule has 2 aliphatic rings. The largest absolute Gasteiger partial charge is 0.381 e. The Morgan fingerprint density at radius 2 is 1.79 bits per heavy atom. The number of benzene rings is 1. The summed E-state index contributed by atoms with van der Waals surface area (Å²) in [5.41, 5.74) is -0.149. The van der Waals surface area contributed by atoms with Gasteiger partial charge in [-0.05, 0) is 31.4 Å². The Morgan fingerprint density at radius 3 is 2.46 bits per heavy atom. The van der Waals surface area contributed by atoms with Crippen LogP contribution in [0.3, 0.4) is 0 Å². The molecule has 2 heterocycles. The van der Waals surface area contributed by atoms with Crippen molar-refractivity contribution < 1.29 is 18.7 Å². The summed E-state index contributed by atoms with van der Waals surface area (Å²) in [6.07, 6.45) is 2.28. The van der Waals surface area contributed by atoms with Crippen molar-refractivity contribution in [1.29, 1.82) is 0 Å². The van der Waals surface area contributed by atoms with E-state index < -0.39 is 5.82 Å². The molecule has 6 heteroatoms. The van der Waals surface area contributed by atoms with Gasteiger partial charge in [-0.1, -0.05) is 12.1 Å². The van der Waals surface area contributed by atoms with Crippen LogP contribution in [0.25, 0.3) is 0 Å². The van der Waals surface area contributed by atoms with Crippen LogP contribution >= 0.6 is 0 Å². The number of ether oxygens (including phenoxy) is 1. The number of hydrogen-bond donors (Lipinski definition) is 0. The van der Waals surface area contributed by atoms with Gasteiger partial charge in [0.15, 0.2) is 0 Å². The zero-order valence-corrected chi connectivity index (χ0v) is 14.0. The molecule has 0 aromatic heterocycles. The second-order valence-corrected chi connectivity index (χ2v) is 6.53. The Labute approximate surface area is 141 Å². The number of nitrogens with zero attached hydrogens (tertiary/aromatic N) is 2. The van der Waals surface area contributed by atoms with Gasteiger partial charge in [0.1, 0.15) is 5.82 Å². The fourth-order valence-corrected chi connectivity index (χ4v) is 3.82. The molecule has 2 saturated heterocycles. The van der Waals surface area contributed by atoms with Crippen LogP contribution in [0.4, 0.5) is 4.39 Å². The first-order chi connectivity index (χ1) is 11.5. The molecule has 1 aromatic carbocycles. The third kappa shape index (κ3) is 3.15. The van der Waals surface area contributed by atoms with Gasteiger partial charge in [0.05, 0.1) is 5.56 Å². The molecular formula is C18H23FN2O3. The smallest absolute Gasteiger partial charge is 0.256 e. The first-order valence-corrected chi connectivity index (χ1v) is 8.43. The van der Waals surface area contributed by atoms with Crippen molar-refractivity contribution in [3.63, 3.8) is 0 Å². The van der Waals surface area contributed by atoms with Gasteiger partial charge in [-0.25, -0.2) is 4.39 Å². The lowest BCUT2D eigenvalue weighted by molar-refractivity contribution is -0.139.